The van der Waals surface area contributed by atoms with Gasteiger partial charge in [0.2, 0.25) is 0 Å². The van der Waals surface area contributed by atoms with Crippen molar-refractivity contribution in [2.75, 3.05) is 18.5 Å². The van der Waals surface area contributed by atoms with Crippen LogP contribution in [0.2, 0.25) is 5.02 Å². The van der Waals surface area contributed by atoms with E-state index in [0.29, 0.717) is 29.1 Å². The molecule has 0 bridgehead atoms. The molecule has 0 aliphatic rings. The number of halogens is 1. The van der Waals surface area contributed by atoms with Gasteiger partial charge in [0.1, 0.15) is 12.4 Å². The molecule has 0 saturated carbocycles. The summed E-state index contributed by atoms with van der Waals surface area (Å²) in [6.45, 7) is 0.733. The molecule has 0 aliphatic carbocycles. The summed E-state index contributed by atoms with van der Waals surface area (Å²) in [5.41, 5.74) is 0.872. The summed E-state index contributed by atoms with van der Waals surface area (Å²) in [6.07, 6.45) is 0. The Kier molecular flexibility index (Phi) is 4.95. The molecule has 0 saturated heterocycles. The molecule has 0 fully saturated rings. The second kappa shape index (κ2) is 7.30. The van der Waals surface area contributed by atoms with E-state index >= 15 is 0 Å². The van der Waals surface area contributed by atoms with Crippen molar-refractivity contribution in [3.63, 3.8) is 0 Å². The minimum atomic E-state index is -0.307. The zero-order chi connectivity index (χ0) is 16.1. The van der Waals surface area contributed by atoms with Gasteiger partial charge in [0, 0.05) is 5.02 Å². The second-order valence-electron chi connectivity index (χ2n) is 4.67. The van der Waals surface area contributed by atoms with Gasteiger partial charge in [0.15, 0.2) is 5.13 Å². The number of fused-ring (bicyclic) bond motifs is 1. The minimum absolute atomic E-state index is 0.307. The number of hydrogen-bond acceptors (Lipinski definition) is 4. The van der Waals surface area contributed by atoms with Crippen LogP contribution in [-0.4, -0.2) is 24.2 Å². The molecule has 3 aromatic rings. The van der Waals surface area contributed by atoms with E-state index in [2.05, 4.69) is 15.6 Å². The van der Waals surface area contributed by atoms with Gasteiger partial charge in [-0.3, -0.25) is 5.32 Å². The average molecular weight is 348 g/mol. The number of rotatable bonds is 5. The number of urea groups is 1. The van der Waals surface area contributed by atoms with Gasteiger partial charge >= 0.3 is 6.03 Å². The Morgan fingerprint density at radius 3 is 2.91 bits per heavy atom. The lowest BCUT2D eigenvalue weighted by Gasteiger charge is -2.08. The number of ether oxygens (including phenoxy) is 1. The summed E-state index contributed by atoms with van der Waals surface area (Å²) in [4.78, 5) is 16.2. The van der Waals surface area contributed by atoms with Gasteiger partial charge in [-0.05, 0) is 30.3 Å². The van der Waals surface area contributed by atoms with Crippen molar-refractivity contribution >= 4 is 44.3 Å². The lowest BCUT2D eigenvalue weighted by atomic mass is 10.3. The van der Waals surface area contributed by atoms with Crippen LogP contribution in [0.1, 0.15) is 0 Å². The van der Waals surface area contributed by atoms with Crippen LogP contribution >= 0.6 is 22.9 Å². The van der Waals surface area contributed by atoms with Crippen molar-refractivity contribution in [2.45, 2.75) is 0 Å². The molecular formula is C16H14ClN3O2S. The highest BCUT2D eigenvalue weighted by Crippen LogP contribution is 2.25. The molecule has 1 heterocycles. The Balaban J connectivity index is 1.44. The van der Waals surface area contributed by atoms with Crippen molar-refractivity contribution in [3.05, 3.63) is 53.6 Å². The second-order valence-corrected chi connectivity index (χ2v) is 6.14. The quantitative estimate of drug-likeness (QED) is 0.681. The topological polar surface area (TPSA) is 63.2 Å². The van der Waals surface area contributed by atoms with Crippen molar-refractivity contribution < 1.29 is 9.53 Å². The first-order valence-corrected chi connectivity index (χ1v) is 8.19. The largest absolute Gasteiger partial charge is 0.492 e. The van der Waals surface area contributed by atoms with Crippen LogP contribution in [0.4, 0.5) is 9.93 Å². The zero-order valence-electron chi connectivity index (χ0n) is 12.1. The van der Waals surface area contributed by atoms with Gasteiger partial charge in [-0.2, -0.15) is 0 Å². The maximum absolute atomic E-state index is 11.8. The molecule has 2 aromatic carbocycles. The Morgan fingerprint density at radius 2 is 2.09 bits per heavy atom. The number of carbonyl (C=O) groups is 1. The first-order valence-electron chi connectivity index (χ1n) is 6.99. The summed E-state index contributed by atoms with van der Waals surface area (Å²) in [5, 5.41) is 6.62. The van der Waals surface area contributed by atoms with Crippen LogP contribution < -0.4 is 15.4 Å². The van der Waals surface area contributed by atoms with E-state index in [0.717, 1.165) is 10.2 Å². The number of aromatic nitrogens is 1. The lowest BCUT2D eigenvalue weighted by molar-refractivity contribution is 0.247. The first-order chi connectivity index (χ1) is 11.2. The highest BCUT2D eigenvalue weighted by Gasteiger charge is 2.06. The van der Waals surface area contributed by atoms with Crippen LogP contribution in [0.5, 0.6) is 5.75 Å². The van der Waals surface area contributed by atoms with E-state index in [9.17, 15) is 4.79 Å². The first kappa shape index (κ1) is 15.6. The third-order valence-corrected chi connectivity index (χ3v) is 4.15. The SMILES string of the molecule is O=C(NCCOc1cccc(Cl)c1)Nc1nc2ccccc2s1. The predicted molar refractivity (Wildman–Crippen MR) is 93.6 cm³/mol. The fourth-order valence-electron chi connectivity index (χ4n) is 1.96. The monoisotopic (exact) mass is 347 g/mol. The van der Waals surface area contributed by atoms with E-state index in [-0.39, 0.29) is 6.03 Å². The Labute approximate surface area is 142 Å². The number of carbonyl (C=O) groups excluding carboxylic acids is 1. The maximum Gasteiger partial charge on any atom is 0.321 e. The van der Waals surface area contributed by atoms with Crippen molar-refractivity contribution in [1.82, 2.24) is 10.3 Å². The Bertz CT molecular complexity index is 789. The third-order valence-electron chi connectivity index (χ3n) is 2.97. The van der Waals surface area contributed by atoms with E-state index < -0.39 is 0 Å². The fraction of sp³-hybridized carbons (Fsp3) is 0.125. The van der Waals surface area contributed by atoms with E-state index in [1.54, 1.807) is 12.1 Å². The number of anilines is 1. The van der Waals surface area contributed by atoms with Gasteiger partial charge < -0.3 is 10.1 Å². The van der Waals surface area contributed by atoms with Gasteiger partial charge in [-0.15, -0.1) is 0 Å². The number of nitrogens with one attached hydrogen (secondary N) is 2. The van der Waals surface area contributed by atoms with Crippen LogP contribution in [0, 0.1) is 0 Å². The van der Waals surface area contributed by atoms with Gasteiger partial charge in [0.05, 0.1) is 16.8 Å². The molecule has 3 rings (SSSR count). The molecule has 0 spiro atoms. The normalized spacial score (nSPS) is 10.5. The Hall–Kier alpha value is -2.31. The standard InChI is InChI=1S/C16H14ClN3O2S/c17-11-4-3-5-12(10-11)22-9-8-18-15(21)20-16-19-13-6-1-2-7-14(13)23-16/h1-7,10H,8-9H2,(H2,18,19,20,21). The van der Waals surface area contributed by atoms with E-state index in [1.807, 2.05) is 36.4 Å². The zero-order valence-corrected chi connectivity index (χ0v) is 13.7. The van der Waals surface area contributed by atoms with E-state index in [4.69, 9.17) is 16.3 Å². The summed E-state index contributed by atoms with van der Waals surface area (Å²) >= 11 is 7.30. The molecule has 2 amide bonds. The molecule has 118 valence electrons. The summed E-state index contributed by atoms with van der Waals surface area (Å²) in [6, 6.07) is 14.6. The number of hydrogen-bond donors (Lipinski definition) is 2. The van der Waals surface area contributed by atoms with Crippen molar-refractivity contribution in [1.29, 1.82) is 0 Å². The number of amides is 2. The van der Waals surface area contributed by atoms with Crippen LogP contribution in [0.3, 0.4) is 0 Å². The van der Waals surface area contributed by atoms with Crippen LogP contribution in [-0.2, 0) is 0 Å². The number of benzene rings is 2. The van der Waals surface area contributed by atoms with Crippen LogP contribution in [0.15, 0.2) is 48.5 Å². The molecule has 0 radical (unpaired) electrons. The third kappa shape index (κ3) is 4.34. The molecule has 7 heteroatoms. The van der Waals surface area contributed by atoms with Crippen molar-refractivity contribution in [2.24, 2.45) is 0 Å². The molecule has 0 aliphatic heterocycles. The van der Waals surface area contributed by atoms with Gasteiger partial charge in [-0.1, -0.05) is 41.1 Å². The molecule has 2 N–H and O–H groups in total. The highest BCUT2D eigenvalue weighted by molar-refractivity contribution is 7.22. The van der Waals surface area contributed by atoms with Gasteiger partial charge in [0.25, 0.3) is 0 Å². The maximum atomic E-state index is 11.8. The summed E-state index contributed by atoms with van der Waals surface area (Å²) < 4.78 is 6.53. The lowest BCUT2D eigenvalue weighted by Crippen LogP contribution is -2.32. The smallest absolute Gasteiger partial charge is 0.321 e. The van der Waals surface area contributed by atoms with Crippen molar-refractivity contribution in [3.8, 4) is 5.75 Å². The Morgan fingerprint density at radius 1 is 1.22 bits per heavy atom. The minimum Gasteiger partial charge on any atom is -0.492 e. The molecule has 0 unspecified atom stereocenters. The predicted octanol–water partition coefficient (Wildman–Crippen LogP) is 4.15. The summed E-state index contributed by atoms with van der Waals surface area (Å²) in [5.74, 6) is 0.672. The van der Waals surface area contributed by atoms with Gasteiger partial charge in [-0.25, -0.2) is 9.78 Å². The average Bonchev–Trinajstić information content (AvgIpc) is 2.94. The fourth-order valence-corrected chi connectivity index (χ4v) is 3.00. The molecule has 1 aromatic heterocycles. The summed E-state index contributed by atoms with van der Waals surface area (Å²) in [7, 11) is 0. The van der Waals surface area contributed by atoms with Crippen LogP contribution in [0.25, 0.3) is 10.2 Å². The number of thiazole rings is 1. The van der Waals surface area contributed by atoms with E-state index in [1.165, 1.54) is 11.3 Å². The molecular weight excluding hydrogens is 334 g/mol. The highest BCUT2D eigenvalue weighted by atomic mass is 35.5. The molecule has 23 heavy (non-hydrogen) atoms. The number of nitrogens with zero attached hydrogens (tertiary/aromatic N) is 1. The molecule has 5 nitrogen and oxygen atoms in total. The number of para-hydroxylation sites is 1. The molecule has 0 atom stereocenters.